The largest absolute Gasteiger partial charge is 0.496 e. The quantitative estimate of drug-likeness (QED) is 0.471. The van der Waals surface area contributed by atoms with E-state index in [2.05, 4.69) is 103 Å². The van der Waals surface area contributed by atoms with Crippen LogP contribution in [0.25, 0.3) is 0 Å². The highest BCUT2D eigenvalue weighted by Crippen LogP contribution is 2.32. The molecule has 0 amide bonds. The summed E-state index contributed by atoms with van der Waals surface area (Å²) in [7, 11) is 1.76. The first-order valence-corrected chi connectivity index (χ1v) is 11.9. The number of benzene rings is 3. The first-order chi connectivity index (χ1) is 15.7. The number of rotatable bonds is 8. The molecule has 0 saturated carbocycles. The van der Waals surface area contributed by atoms with E-state index < -0.39 is 0 Å². The monoisotopic (exact) mass is 428 g/mol. The minimum Gasteiger partial charge on any atom is -0.496 e. The van der Waals surface area contributed by atoms with Crippen LogP contribution in [0, 0.1) is 0 Å². The number of ether oxygens (including phenoxy) is 1. The average Bonchev–Trinajstić information content (AvgIpc) is 2.84. The third-order valence-electron chi connectivity index (χ3n) is 6.71. The van der Waals surface area contributed by atoms with Gasteiger partial charge in [0, 0.05) is 30.1 Å². The summed E-state index contributed by atoms with van der Waals surface area (Å²) < 4.78 is 5.68. The number of hydrogen-bond acceptors (Lipinski definition) is 3. The molecule has 1 saturated heterocycles. The van der Waals surface area contributed by atoms with Gasteiger partial charge in [-0.25, -0.2) is 0 Å². The molecule has 2 N–H and O–H groups in total. The van der Waals surface area contributed by atoms with Crippen molar-refractivity contribution in [3.63, 3.8) is 0 Å². The van der Waals surface area contributed by atoms with Gasteiger partial charge in [-0.05, 0) is 48.1 Å². The third kappa shape index (κ3) is 5.23. The molecule has 3 aromatic carbocycles. The van der Waals surface area contributed by atoms with Crippen molar-refractivity contribution in [1.82, 2.24) is 10.6 Å². The summed E-state index contributed by atoms with van der Waals surface area (Å²) in [5, 5.41) is 7.77. The van der Waals surface area contributed by atoms with E-state index >= 15 is 0 Å². The van der Waals surface area contributed by atoms with Crippen LogP contribution >= 0.6 is 0 Å². The Morgan fingerprint density at radius 2 is 1.56 bits per heavy atom. The molecule has 168 valence electrons. The fourth-order valence-electron chi connectivity index (χ4n) is 4.96. The van der Waals surface area contributed by atoms with Crippen LogP contribution in [-0.2, 0) is 6.54 Å². The van der Waals surface area contributed by atoms with E-state index in [1.165, 1.54) is 35.1 Å². The Morgan fingerprint density at radius 3 is 2.16 bits per heavy atom. The molecule has 2 atom stereocenters. The summed E-state index contributed by atoms with van der Waals surface area (Å²) >= 11 is 0. The fraction of sp³-hybridized carbons (Fsp3) is 0.379. The van der Waals surface area contributed by atoms with Gasteiger partial charge in [-0.2, -0.15) is 0 Å². The Kier molecular flexibility index (Phi) is 7.62. The van der Waals surface area contributed by atoms with E-state index in [1.54, 1.807) is 7.11 Å². The van der Waals surface area contributed by atoms with Gasteiger partial charge in [0.05, 0.1) is 7.11 Å². The van der Waals surface area contributed by atoms with E-state index in [4.69, 9.17) is 4.74 Å². The van der Waals surface area contributed by atoms with E-state index in [-0.39, 0.29) is 0 Å². The maximum Gasteiger partial charge on any atom is 0.123 e. The van der Waals surface area contributed by atoms with Crippen molar-refractivity contribution in [2.75, 3.05) is 13.7 Å². The number of methoxy groups -OCH3 is 1. The van der Waals surface area contributed by atoms with Gasteiger partial charge in [0.15, 0.2) is 0 Å². The summed E-state index contributed by atoms with van der Waals surface area (Å²) in [6, 6.07) is 29.2. The first kappa shape index (κ1) is 22.6. The molecule has 0 radical (unpaired) electrons. The molecule has 3 aromatic rings. The van der Waals surface area contributed by atoms with Crippen molar-refractivity contribution >= 4 is 0 Å². The SMILES string of the molecule is COc1ccc(C(C)C)cc1CN[C@H]1CCCN[C@H]1C(c1ccccc1)c1ccccc1. The lowest BCUT2D eigenvalue weighted by atomic mass is 9.79. The van der Waals surface area contributed by atoms with Crippen LogP contribution in [-0.4, -0.2) is 25.7 Å². The molecule has 3 nitrogen and oxygen atoms in total. The molecule has 0 bridgehead atoms. The molecule has 0 aliphatic carbocycles. The fourth-order valence-corrected chi connectivity index (χ4v) is 4.96. The molecule has 1 aliphatic rings. The van der Waals surface area contributed by atoms with Crippen LogP contribution in [0.3, 0.4) is 0 Å². The Hall–Kier alpha value is -2.62. The predicted molar refractivity (Wildman–Crippen MR) is 133 cm³/mol. The molecule has 0 aromatic heterocycles. The van der Waals surface area contributed by atoms with Gasteiger partial charge < -0.3 is 15.4 Å². The van der Waals surface area contributed by atoms with Crippen molar-refractivity contribution in [2.45, 2.75) is 57.2 Å². The minimum absolute atomic E-state index is 0.305. The maximum absolute atomic E-state index is 5.68. The van der Waals surface area contributed by atoms with Gasteiger partial charge in [0.1, 0.15) is 5.75 Å². The molecule has 3 heteroatoms. The van der Waals surface area contributed by atoms with Gasteiger partial charge in [-0.3, -0.25) is 0 Å². The number of piperidine rings is 1. The smallest absolute Gasteiger partial charge is 0.123 e. The van der Waals surface area contributed by atoms with Crippen LogP contribution in [0.1, 0.15) is 60.8 Å². The molecule has 1 aliphatic heterocycles. The second kappa shape index (κ2) is 10.8. The predicted octanol–water partition coefficient (Wildman–Crippen LogP) is 5.86. The van der Waals surface area contributed by atoms with Gasteiger partial charge in [0.2, 0.25) is 0 Å². The zero-order chi connectivity index (χ0) is 22.3. The van der Waals surface area contributed by atoms with E-state index in [0.717, 1.165) is 18.8 Å². The maximum atomic E-state index is 5.68. The first-order valence-electron chi connectivity index (χ1n) is 11.9. The normalized spacial score (nSPS) is 18.8. The highest BCUT2D eigenvalue weighted by Gasteiger charge is 2.33. The Labute approximate surface area is 193 Å². The van der Waals surface area contributed by atoms with Crippen molar-refractivity contribution in [2.24, 2.45) is 0 Å². The third-order valence-corrected chi connectivity index (χ3v) is 6.71. The lowest BCUT2D eigenvalue weighted by Crippen LogP contribution is -2.54. The topological polar surface area (TPSA) is 33.3 Å². The van der Waals surface area contributed by atoms with Crippen LogP contribution in [0.5, 0.6) is 5.75 Å². The van der Waals surface area contributed by atoms with Gasteiger partial charge in [0.25, 0.3) is 0 Å². The van der Waals surface area contributed by atoms with Crippen molar-refractivity contribution in [1.29, 1.82) is 0 Å². The van der Waals surface area contributed by atoms with Crippen molar-refractivity contribution in [3.8, 4) is 5.75 Å². The van der Waals surface area contributed by atoms with E-state index in [9.17, 15) is 0 Å². The zero-order valence-corrected chi connectivity index (χ0v) is 19.6. The average molecular weight is 429 g/mol. The summed E-state index contributed by atoms with van der Waals surface area (Å²) in [5.74, 6) is 1.77. The van der Waals surface area contributed by atoms with Crippen molar-refractivity contribution < 1.29 is 4.74 Å². The molecule has 1 heterocycles. The highest BCUT2D eigenvalue weighted by molar-refractivity contribution is 5.39. The summed E-state index contributed by atoms with van der Waals surface area (Å²) in [4.78, 5) is 0. The Morgan fingerprint density at radius 1 is 0.906 bits per heavy atom. The number of hydrogen-bond donors (Lipinski definition) is 2. The van der Waals surface area contributed by atoms with E-state index in [1.807, 2.05) is 0 Å². The van der Waals surface area contributed by atoms with Gasteiger partial charge in [-0.15, -0.1) is 0 Å². The van der Waals surface area contributed by atoms with Crippen LogP contribution in [0.15, 0.2) is 78.9 Å². The van der Waals surface area contributed by atoms with Gasteiger partial charge in [-0.1, -0.05) is 86.6 Å². The molecule has 4 rings (SSSR count). The van der Waals surface area contributed by atoms with Crippen molar-refractivity contribution in [3.05, 3.63) is 101 Å². The van der Waals surface area contributed by atoms with Crippen LogP contribution < -0.4 is 15.4 Å². The molecule has 32 heavy (non-hydrogen) atoms. The molecule has 0 spiro atoms. The summed E-state index contributed by atoms with van der Waals surface area (Å²) in [6.07, 6.45) is 2.35. The molecule has 1 fully saturated rings. The molecular formula is C29H36N2O. The Balaban J connectivity index is 1.60. The second-order valence-electron chi connectivity index (χ2n) is 9.13. The highest BCUT2D eigenvalue weighted by atomic mass is 16.5. The van der Waals surface area contributed by atoms with Crippen LogP contribution in [0.4, 0.5) is 0 Å². The zero-order valence-electron chi connectivity index (χ0n) is 19.6. The molecular weight excluding hydrogens is 392 g/mol. The second-order valence-corrected chi connectivity index (χ2v) is 9.13. The lowest BCUT2D eigenvalue weighted by molar-refractivity contribution is 0.278. The minimum atomic E-state index is 0.305. The molecule has 0 unspecified atom stereocenters. The Bertz CT molecular complexity index is 931. The van der Waals surface area contributed by atoms with Crippen LogP contribution in [0.2, 0.25) is 0 Å². The summed E-state index contributed by atoms with van der Waals surface area (Å²) in [6.45, 7) is 6.35. The number of nitrogens with one attached hydrogen (secondary N) is 2. The summed E-state index contributed by atoms with van der Waals surface area (Å²) in [5.41, 5.74) is 5.32. The standard InChI is InChI=1S/C29H36N2O/c1-21(2)24-16-17-27(32-3)25(19-24)20-31-26-15-10-18-30-29(26)28(22-11-6-4-7-12-22)23-13-8-5-9-14-23/h4-9,11-14,16-17,19,21,26,28-31H,10,15,18,20H2,1-3H3/t26-,29+/m0/s1. The van der Waals surface area contributed by atoms with E-state index in [0.29, 0.717) is 23.9 Å². The lowest BCUT2D eigenvalue weighted by Gasteiger charge is -2.39. The van der Waals surface area contributed by atoms with Gasteiger partial charge >= 0.3 is 0 Å².